The minimum absolute atomic E-state index is 0.109. The van der Waals surface area contributed by atoms with Crippen molar-refractivity contribution in [2.24, 2.45) is 0 Å². The molecular formula is C17H16ClN3O3S2. The standard InChI is InChI=1S/C17H16ClN3O3S2/c1-24-8-7-21-16(23)15-13(6-9-25-15)20-17(21)26-10-14(22)19-12-4-2-11(18)3-5-12/h2-6,9H,7-8,10H2,1H3,(H,19,22). The first-order valence-electron chi connectivity index (χ1n) is 7.73. The van der Waals surface area contributed by atoms with Gasteiger partial charge in [0.15, 0.2) is 5.16 Å². The molecule has 1 N–H and O–H groups in total. The summed E-state index contributed by atoms with van der Waals surface area (Å²) in [4.78, 5) is 29.3. The van der Waals surface area contributed by atoms with Crippen molar-refractivity contribution < 1.29 is 9.53 Å². The van der Waals surface area contributed by atoms with Crippen LogP contribution in [-0.2, 0) is 16.1 Å². The number of aromatic nitrogens is 2. The summed E-state index contributed by atoms with van der Waals surface area (Å²) in [7, 11) is 1.58. The molecule has 0 spiro atoms. The van der Waals surface area contributed by atoms with Gasteiger partial charge in [-0.25, -0.2) is 4.98 Å². The van der Waals surface area contributed by atoms with Gasteiger partial charge >= 0.3 is 0 Å². The van der Waals surface area contributed by atoms with E-state index in [0.717, 1.165) is 0 Å². The highest BCUT2D eigenvalue weighted by molar-refractivity contribution is 7.99. The molecule has 0 saturated carbocycles. The van der Waals surface area contributed by atoms with Gasteiger partial charge in [0.2, 0.25) is 5.91 Å². The number of benzene rings is 1. The number of carbonyl (C=O) groups is 1. The fourth-order valence-corrected chi connectivity index (χ4v) is 4.00. The fourth-order valence-electron chi connectivity index (χ4n) is 2.27. The number of ether oxygens (including phenoxy) is 1. The van der Waals surface area contributed by atoms with Crippen molar-refractivity contribution in [3.63, 3.8) is 0 Å². The first kappa shape index (κ1) is 18.9. The van der Waals surface area contributed by atoms with E-state index in [9.17, 15) is 9.59 Å². The van der Waals surface area contributed by atoms with Crippen LogP contribution in [0.2, 0.25) is 5.02 Å². The predicted molar refractivity (Wildman–Crippen MR) is 107 cm³/mol. The quantitative estimate of drug-likeness (QED) is 0.477. The van der Waals surface area contributed by atoms with Crippen LogP contribution in [0, 0.1) is 0 Å². The van der Waals surface area contributed by atoms with Crippen LogP contribution in [0.25, 0.3) is 10.2 Å². The third kappa shape index (κ3) is 4.45. The zero-order valence-electron chi connectivity index (χ0n) is 13.9. The highest BCUT2D eigenvalue weighted by Gasteiger charge is 2.14. The monoisotopic (exact) mass is 409 g/mol. The molecular weight excluding hydrogens is 394 g/mol. The molecule has 0 aliphatic heterocycles. The molecule has 26 heavy (non-hydrogen) atoms. The van der Waals surface area contributed by atoms with Gasteiger partial charge in [-0.2, -0.15) is 0 Å². The van der Waals surface area contributed by atoms with Crippen molar-refractivity contribution in [1.82, 2.24) is 9.55 Å². The van der Waals surface area contributed by atoms with Gasteiger partial charge in [-0.1, -0.05) is 23.4 Å². The first-order valence-corrected chi connectivity index (χ1v) is 9.98. The zero-order chi connectivity index (χ0) is 18.5. The molecule has 3 aromatic rings. The molecule has 6 nitrogen and oxygen atoms in total. The molecule has 2 heterocycles. The Balaban J connectivity index is 1.75. The minimum Gasteiger partial charge on any atom is -0.383 e. The Morgan fingerprint density at radius 3 is 2.85 bits per heavy atom. The number of rotatable bonds is 7. The summed E-state index contributed by atoms with van der Waals surface area (Å²) in [6.07, 6.45) is 0. The largest absolute Gasteiger partial charge is 0.383 e. The number of fused-ring (bicyclic) bond motifs is 1. The van der Waals surface area contributed by atoms with Crippen molar-refractivity contribution >= 4 is 56.5 Å². The normalized spacial score (nSPS) is 11.0. The Morgan fingerprint density at radius 2 is 2.12 bits per heavy atom. The van der Waals surface area contributed by atoms with Crippen LogP contribution in [0.15, 0.2) is 45.7 Å². The van der Waals surface area contributed by atoms with E-state index in [4.69, 9.17) is 16.3 Å². The van der Waals surface area contributed by atoms with Crippen molar-refractivity contribution in [1.29, 1.82) is 0 Å². The smallest absolute Gasteiger partial charge is 0.272 e. The van der Waals surface area contributed by atoms with Crippen molar-refractivity contribution in [3.8, 4) is 0 Å². The van der Waals surface area contributed by atoms with Gasteiger partial charge in [0.1, 0.15) is 4.70 Å². The number of thioether (sulfide) groups is 1. The van der Waals surface area contributed by atoms with Gasteiger partial charge in [-0.15, -0.1) is 11.3 Å². The number of thiophene rings is 1. The van der Waals surface area contributed by atoms with E-state index >= 15 is 0 Å². The Labute approximate surface area is 163 Å². The molecule has 136 valence electrons. The fraction of sp³-hybridized carbons (Fsp3) is 0.235. The molecule has 2 aromatic heterocycles. The number of methoxy groups -OCH3 is 1. The Hall–Kier alpha value is -1.87. The predicted octanol–water partition coefficient (Wildman–Crippen LogP) is 3.49. The number of carbonyl (C=O) groups excluding carboxylic acids is 1. The molecule has 3 rings (SSSR count). The molecule has 0 unspecified atom stereocenters. The third-order valence-electron chi connectivity index (χ3n) is 3.51. The van der Waals surface area contributed by atoms with Crippen molar-refractivity contribution in [2.75, 3.05) is 24.8 Å². The Morgan fingerprint density at radius 1 is 1.35 bits per heavy atom. The lowest BCUT2D eigenvalue weighted by Gasteiger charge is -2.11. The molecule has 0 atom stereocenters. The number of amides is 1. The molecule has 0 aliphatic carbocycles. The molecule has 1 aromatic carbocycles. The highest BCUT2D eigenvalue weighted by Crippen LogP contribution is 2.21. The number of halogens is 1. The van der Waals surface area contributed by atoms with Gasteiger partial charge in [0.25, 0.3) is 5.56 Å². The molecule has 0 saturated heterocycles. The van der Waals surface area contributed by atoms with E-state index in [1.54, 1.807) is 42.0 Å². The maximum Gasteiger partial charge on any atom is 0.272 e. The maximum atomic E-state index is 12.6. The van der Waals surface area contributed by atoms with E-state index < -0.39 is 0 Å². The molecule has 1 amide bonds. The summed E-state index contributed by atoms with van der Waals surface area (Å²) in [6.45, 7) is 0.778. The topological polar surface area (TPSA) is 73.2 Å². The molecule has 0 bridgehead atoms. The van der Waals surface area contributed by atoms with Crippen LogP contribution in [0.5, 0.6) is 0 Å². The van der Waals surface area contributed by atoms with Gasteiger partial charge in [-0.3, -0.25) is 14.2 Å². The second kappa shape index (κ2) is 8.68. The summed E-state index contributed by atoms with van der Waals surface area (Å²) < 4.78 is 7.25. The lowest BCUT2D eigenvalue weighted by atomic mass is 10.3. The SMILES string of the molecule is COCCn1c(SCC(=O)Nc2ccc(Cl)cc2)nc2ccsc2c1=O. The van der Waals surface area contributed by atoms with Gasteiger partial charge in [0.05, 0.1) is 24.4 Å². The van der Waals surface area contributed by atoms with Gasteiger partial charge in [0, 0.05) is 17.8 Å². The minimum atomic E-state index is -0.185. The second-order valence-corrected chi connectivity index (χ2v) is 7.62. The average Bonchev–Trinajstić information content (AvgIpc) is 3.10. The van der Waals surface area contributed by atoms with Crippen LogP contribution in [-0.4, -0.2) is 34.9 Å². The molecule has 9 heteroatoms. The van der Waals surface area contributed by atoms with E-state index in [1.165, 1.54) is 23.1 Å². The summed E-state index contributed by atoms with van der Waals surface area (Å²) in [5.74, 6) is -0.0483. The van der Waals surface area contributed by atoms with Gasteiger partial charge in [-0.05, 0) is 35.7 Å². The summed E-state index contributed by atoms with van der Waals surface area (Å²) in [5, 5.41) is 5.74. The number of anilines is 1. The number of nitrogens with zero attached hydrogens (tertiary/aromatic N) is 2. The Kier molecular flexibility index (Phi) is 6.31. The average molecular weight is 410 g/mol. The number of hydrogen-bond donors (Lipinski definition) is 1. The number of nitrogens with one attached hydrogen (secondary N) is 1. The van der Waals surface area contributed by atoms with Gasteiger partial charge < -0.3 is 10.1 Å². The Bertz CT molecular complexity index is 970. The maximum absolute atomic E-state index is 12.6. The molecule has 0 radical (unpaired) electrons. The van der Waals surface area contributed by atoms with Crippen molar-refractivity contribution in [2.45, 2.75) is 11.7 Å². The molecule has 0 fully saturated rings. The van der Waals surface area contributed by atoms with E-state index in [-0.39, 0.29) is 17.2 Å². The van der Waals surface area contributed by atoms with Crippen LogP contribution in [0.1, 0.15) is 0 Å². The summed E-state index contributed by atoms with van der Waals surface area (Å²) in [6, 6.07) is 8.68. The third-order valence-corrected chi connectivity index (χ3v) is 5.63. The van der Waals surface area contributed by atoms with E-state index in [2.05, 4.69) is 10.3 Å². The highest BCUT2D eigenvalue weighted by atomic mass is 35.5. The summed E-state index contributed by atoms with van der Waals surface area (Å²) >= 11 is 8.42. The first-order chi connectivity index (χ1) is 12.6. The van der Waals surface area contributed by atoms with Crippen LogP contribution in [0.3, 0.4) is 0 Å². The van der Waals surface area contributed by atoms with Crippen LogP contribution >= 0.6 is 34.7 Å². The lowest BCUT2D eigenvalue weighted by Crippen LogP contribution is -2.25. The van der Waals surface area contributed by atoms with E-state index in [1.807, 2.05) is 5.38 Å². The summed E-state index contributed by atoms with van der Waals surface area (Å²) in [5.41, 5.74) is 1.20. The molecule has 0 aliphatic rings. The number of hydrogen-bond acceptors (Lipinski definition) is 6. The second-order valence-electron chi connectivity index (χ2n) is 5.32. The lowest BCUT2D eigenvalue weighted by molar-refractivity contribution is -0.113. The van der Waals surface area contributed by atoms with Crippen molar-refractivity contribution in [3.05, 3.63) is 51.1 Å². The van der Waals surface area contributed by atoms with E-state index in [0.29, 0.717) is 39.2 Å². The van der Waals surface area contributed by atoms with Crippen LogP contribution < -0.4 is 10.9 Å². The van der Waals surface area contributed by atoms with Crippen LogP contribution in [0.4, 0.5) is 5.69 Å². The zero-order valence-corrected chi connectivity index (χ0v) is 16.3.